The molecule has 0 atom stereocenters. The highest BCUT2D eigenvalue weighted by atomic mass is 31.2. The number of para-hydroxylation sites is 1. The maximum Gasteiger partial charge on any atom is 0.439 e. The summed E-state index contributed by atoms with van der Waals surface area (Å²) in [5.74, 6) is 0.317. The Kier molecular flexibility index (Phi) is 2.86. The fraction of sp³-hybridized carbons (Fsp3) is 0.222. The van der Waals surface area contributed by atoms with Gasteiger partial charge < -0.3 is 4.74 Å². The summed E-state index contributed by atoms with van der Waals surface area (Å²) in [6.07, 6.45) is 0. The number of carbonyl (C=O) groups excluding carboxylic acids is 1. The van der Waals surface area contributed by atoms with E-state index in [0.717, 1.165) is 0 Å². The van der Waals surface area contributed by atoms with Crippen LogP contribution < -0.4 is 4.74 Å². The molecule has 0 bridgehead atoms. The maximum absolute atomic E-state index is 11.6. The zero-order valence-corrected chi connectivity index (χ0v) is 8.68. The lowest BCUT2D eigenvalue weighted by Gasteiger charge is -2.08. The number of benzene rings is 1. The predicted octanol–water partition coefficient (Wildman–Crippen LogP) is 2.43. The molecule has 1 aromatic carbocycles. The summed E-state index contributed by atoms with van der Waals surface area (Å²) in [4.78, 5) is 11.4. The van der Waals surface area contributed by atoms with E-state index in [-0.39, 0.29) is 13.2 Å². The van der Waals surface area contributed by atoms with Gasteiger partial charge in [-0.05, 0) is 12.1 Å². The molecule has 15 heavy (non-hydrogen) atoms. The summed E-state index contributed by atoms with van der Waals surface area (Å²) in [5, 5.41) is 0. The Bertz CT molecular complexity index is 392. The van der Waals surface area contributed by atoms with E-state index in [1.807, 2.05) is 0 Å². The second-order valence-electron chi connectivity index (χ2n) is 2.84. The fourth-order valence-electron chi connectivity index (χ4n) is 1.10. The van der Waals surface area contributed by atoms with Gasteiger partial charge in [0, 0.05) is 0 Å². The normalized spacial score (nSPS) is 18.7. The van der Waals surface area contributed by atoms with E-state index in [1.54, 1.807) is 30.3 Å². The molecule has 0 aromatic heterocycles. The molecule has 1 heterocycles. The first-order valence-electron chi connectivity index (χ1n) is 4.37. The second-order valence-corrected chi connectivity index (χ2v) is 4.72. The van der Waals surface area contributed by atoms with Gasteiger partial charge in [0.1, 0.15) is 5.75 Å². The van der Waals surface area contributed by atoms with Crippen LogP contribution in [-0.2, 0) is 13.6 Å². The van der Waals surface area contributed by atoms with Gasteiger partial charge in [0.15, 0.2) is 0 Å². The number of rotatable bonds is 2. The van der Waals surface area contributed by atoms with Crippen LogP contribution in [0.2, 0.25) is 0 Å². The minimum absolute atomic E-state index is 0.154. The van der Waals surface area contributed by atoms with Gasteiger partial charge in [-0.1, -0.05) is 18.2 Å². The van der Waals surface area contributed by atoms with Crippen molar-refractivity contribution in [3.05, 3.63) is 30.3 Å². The lowest BCUT2D eigenvalue weighted by atomic mass is 10.3. The van der Waals surface area contributed by atoms with Gasteiger partial charge in [0.2, 0.25) is 0 Å². The third kappa shape index (κ3) is 2.26. The molecule has 0 amide bonds. The maximum atomic E-state index is 11.6. The van der Waals surface area contributed by atoms with Crippen LogP contribution in [0.15, 0.2) is 30.3 Å². The van der Waals surface area contributed by atoms with Gasteiger partial charge in [-0.15, -0.1) is 0 Å². The van der Waals surface area contributed by atoms with Crippen molar-refractivity contribution in [2.45, 2.75) is 0 Å². The molecule has 1 aromatic rings. The van der Waals surface area contributed by atoms with Gasteiger partial charge >= 0.3 is 13.3 Å². The Balaban J connectivity index is 2.07. The highest BCUT2D eigenvalue weighted by Crippen LogP contribution is 2.53. The Morgan fingerprint density at radius 2 is 1.80 bits per heavy atom. The summed E-state index contributed by atoms with van der Waals surface area (Å²) < 4.78 is 25.9. The van der Waals surface area contributed by atoms with Gasteiger partial charge in [-0.2, -0.15) is 0 Å². The first kappa shape index (κ1) is 10.4. The molecule has 5 nitrogen and oxygen atoms in total. The third-order valence-corrected chi connectivity index (χ3v) is 3.36. The number of carbonyl (C=O) groups is 1. The topological polar surface area (TPSA) is 61.8 Å². The predicted molar refractivity (Wildman–Crippen MR) is 52.0 cm³/mol. The largest absolute Gasteiger partial charge is 0.439 e. The highest BCUT2D eigenvalue weighted by Gasteiger charge is 2.41. The standard InChI is InChI=1S/C9H9O5P/c10-9(15(11)12-6-7-13-15)14-8-4-2-1-3-5-8/h1-5H,6-7H2. The molecule has 0 unspecified atom stereocenters. The van der Waals surface area contributed by atoms with E-state index in [2.05, 4.69) is 0 Å². The second kappa shape index (κ2) is 4.14. The molecule has 0 N–H and O–H groups in total. The van der Waals surface area contributed by atoms with Crippen molar-refractivity contribution >= 4 is 13.3 Å². The van der Waals surface area contributed by atoms with Crippen LogP contribution in [-0.4, -0.2) is 18.9 Å². The minimum atomic E-state index is -3.69. The number of ether oxygens (including phenoxy) is 1. The fourth-order valence-corrected chi connectivity index (χ4v) is 2.24. The summed E-state index contributed by atoms with van der Waals surface area (Å²) in [7, 11) is -3.69. The molecule has 1 saturated heterocycles. The van der Waals surface area contributed by atoms with Gasteiger partial charge in [-0.3, -0.25) is 9.05 Å². The molecule has 6 heteroatoms. The van der Waals surface area contributed by atoms with Crippen molar-refractivity contribution in [2.24, 2.45) is 0 Å². The van der Waals surface area contributed by atoms with Gasteiger partial charge in [-0.25, -0.2) is 9.36 Å². The number of hydrogen-bond donors (Lipinski definition) is 0. The van der Waals surface area contributed by atoms with Crippen LogP contribution in [0.5, 0.6) is 5.75 Å². The van der Waals surface area contributed by atoms with Crippen molar-refractivity contribution in [3.63, 3.8) is 0 Å². The minimum Gasteiger partial charge on any atom is -0.417 e. The van der Waals surface area contributed by atoms with Gasteiger partial charge in [0.05, 0.1) is 13.2 Å². The SMILES string of the molecule is O=C(Oc1ccccc1)P1(=O)OCCO1. The molecule has 0 spiro atoms. The Labute approximate surface area is 86.5 Å². The monoisotopic (exact) mass is 228 g/mol. The van der Waals surface area contributed by atoms with Crippen LogP contribution in [0.4, 0.5) is 4.79 Å². The van der Waals surface area contributed by atoms with E-state index < -0.39 is 13.3 Å². The van der Waals surface area contributed by atoms with E-state index in [4.69, 9.17) is 13.8 Å². The molecular weight excluding hydrogens is 219 g/mol. The van der Waals surface area contributed by atoms with E-state index in [9.17, 15) is 9.36 Å². The third-order valence-electron chi connectivity index (χ3n) is 1.78. The van der Waals surface area contributed by atoms with Crippen molar-refractivity contribution in [1.82, 2.24) is 0 Å². The molecule has 1 aliphatic rings. The molecular formula is C9H9O5P. The van der Waals surface area contributed by atoms with Crippen molar-refractivity contribution in [1.29, 1.82) is 0 Å². The molecule has 1 fully saturated rings. The van der Waals surface area contributed by atoms with Crippen molar-refractivity contribution in [2.75, 3.05) is 13.2 Å². The Morgan fingerprint density at radius 3 is 2.40 bits per heavy atom. The zero-order chi connectivity index (χ0) is 10.7. The lowest BCUT2D eigenvalue weighted by Crippen LogP contribution is -2.06. The van der Waals surface area contributed by atoms with E-state index in [1.165, 1.54) is 0 Å². The molecule has 0 aliphatic carbocycles. The summed E-state index contributed by atoms with van der Waals surface area (Å²) >= 11 is 0. The molecule has 80 valence electrons. The molecule has 2 rings (SSSR count). The van der Waals surface area contributed by atoms with Crippen LogP contribution in [0.3, 0.4) is 0 Å². The molecule has 1 aliphatic heterocycles. The summed E-state index contributed by atoms with van der Waals surface area (Å²) in [5.41, 5.74) is -0.966. The van der Waals surface area contributed by atoms with Gasteiger partial charge in [0.25, 0.3) is 0 Å². The van der Waals surface area contributed by atoms with Crippen LogP contribution in [0.1, 0.15) is 0 Å². The molecule has 0 saturated carbocycles. The van der Waals surface area contributed by atoms with Crippen molar-refractivity contribution in [3.8, 4) is 5.75 Å². The van der Waals surface area contributed by atoms with Crippen molar-refractivity contribution < 1.29 is 23.1 Å². The molecule has 0 radical (unpaired) electrons. The Hall–Kier alpha value is -1.16. The highest BCUT2D eigenvalue weighted by molar-refractivity contribution is 7.71. The summed E-state index contributed by atoms with van der Waals surface area (Å²) in [6, 6.07) is 8.35. The first-order valence-corrected chi connectivity index (χ1v) is 5.91. The van der Waals surface area contributed by atoms with E-state index in [0.29, 0.717) is 5.75 Å². The first-order chi connectivity index (χ1) is 7.21. The average molecular weight is 228 g/mol. The number of hydrogen-bond acceptors (Lipinski definition) is 5. The smallest absolute Gasteiger partial charge is 0.417 e. The summed E-state index contributed by atoms with van der Waals surface area (Å²) in [6.45, 7) is 0.308. The average Bonchev–Trinajstić information content (AvgIpc) is 2.68. The van der Waals surface area contributed by atoms with E-state index >= 15 is 0 Å². The van der Waals surface area contributed by atoms with Crippen LogP contribution in [0, 0.1) is 0 Å². The quantitative estimate of drug-likeness (QED) is 0.727. The lowest BCUT2D eigenvalue weighted by molar-refractivity contribution is 0.212. The zero-order valence-electron chi connectivity index (χ0n) is 7.79. The Morgan fingerprint density at radius 1 is 1.20 bits per heavy atom. The van der Waals surface area contributed by atoms with Crippen LogP contribution >= 0.6 is 7.60 Å². The van der Waals surface area contributed by atoms with Crippen LogP contribution in [0.25, 0.3) is 0 Å².